The monoisotopic (exact) mass is 363 g/mol. The Morgan fingerprint density at radius 1 is 1.17 bits per heavy atom. The van der Waals surface area contributed by atoms with Crippen LogP contribution >= 0.6 is 23.8 Å². The zero-order valence-electron chi connectivity index (χ0n) is 13.1. The van der Waals surface area contributed by atoms with Gasteiger partial charge in [-0.25, -0.2) is 0 Å². The first-order valence-corrected chi connectivity index (χ1v) is 8.18. The number of nitrogens with one attached hydrogen (secondary N) is 3. The molecule has 0 aliphatic heterocycles. The molecule has 24 heavy (non-hydrogen) atoms. The summed E-state index contributed by atoms with van der Waals surface area (Å²) in [5, 5.41) is 3.82. The lowest BCUT2D eigenvalue weighted by atomic mass is 10.2. The van der Waals surface area contributed by atoms with Crippen LogP contribution in [0.5, 0.6) is 5.75 Å². The van der Waals surface area contributed by atoms with Crippen LogP contribution in [0.2, 0.25) is 5.02 Å². The lowest BCUT2D eigenvalue weighted by molar-refractivity contribution is -0.123. The van der Waals surface area contributed by atoms with Crippen LogP contribution in [0, 0.1) is 0 Å². The Labute approximate surface area is 151 Å². The summed E-state index contributed by atoms with van der Waals surface area (Å²) < 4.78 is 5.44. The highest BCUT2D eigenvalue weighted by molar-refractivity contribution is 7.80. The summed E-state index contributed by atoms with van der Waals surface area (Å²) in [6.45, 7) is 1.95. The molecule has 0 spiro atoms. The number of aryl methyl sites for hydroxylation is 1. The van der Waals surface area contributed by atoms with Crippen molar-refractivity contribution in [3.8, 4) is 5.75 Å². The average molecular weight is 364 g/mol. The van der Waals surface area contributed by atoms with E-state index in [4.69, 9.17) is 28.6 Å². The number of ether oxygens (including phenoxy) is 1. The lowest BCUT2D eigenvalue weighted by Crippen LogP contribution is -2.45. The van der Waals surface area contributed by atoms with Crippen LogP contribution in [-0.2, 0) is 11.2 Å². The molecule has 0 fully saturated rings. The Balaban J connectivity index is 1.72. The van der Waals surface area contributed by atoms with Crippen LogP contribution in [0.25, 0.3) is 0 Å². The topological polar surface area (TPSA) is 62.4 Å². The molecule has 5 nitrogen and oxygen atoms in total. The fourth-order valence-corrected chi connectivity index (χ4v) is 2.16. The molecule has 0 unspecified atom stereocenters. The molecule has 126 valence electrons. The number of amides is 1. The van der Waals surface area contributed by atoms with E-state index >= 15 is 0 Å². The molecule has 0 heterocycles. The third kappa shape index (κ3) is 6.06. The first kappa shape index (κ1) is 18.0. The Morgan fingerprint density at radius 2 is 1.92 bits per heavy atom. The smallest absolute Gasteiger partial charge is 0.276 e. The number of hydrazine groups is 1. The van der Waals surface area contributed by atoms with Gasteiger partial charge in [0, 0.05) is 10.7 Å². The van der Waals surface area contributed by atoms with Gasteiger partial charge in [0.05, 0.1) is 0 Å². The summed E-state index contributed by atoms with van der Waals surface area (Å²) in [5.41, 5.74) is 7.00. The van der Waals surface area contributed by atoms with Gasteiger partial charge in [-0.3, -0.25) is 15.6 Å². The van der Waals surface area contributed by atoms with Crippen molar-refractivity contribution in [2.24, 2.45) is 0 Å². The predicted molar refractivity (Wildman–Crippen MR) is 100 cm³/mol. The minimum Gasteiger partial charge on any atom is -0.484 e. The standard InChI is InChI=1S/C17H18ClN3O2S/c1-2-12-4-3-5-15(10-12)23-11-16(22)20-21-17(24)19-14-8-6-13(18)7-9-14/h3-10H,2,11H2,1H3,(H,20,22)(H2,19,21,24). The minimum absolute atomic E-state index is 0.107. The number of carbonyl (C=O) groups is 1. The summed E-state index contributed by atoms with van der Waals surface area (Å²) in [7, 11) is 0. The van der Waals surface area contributed by atoms with E-state index in [0.29, 0.717) is 10.8 Å². The van der Waals surface area contributed by atoms with Crippen molar-refractivity contribution in [3.05, 3.63) is 59.1 Å². The summed E-state index contributed by atoms with van der Waals surface area (Å²) in [5.74, 6) is 0.323. The second kappa shape index (κ2) is 9.10. The summed E-state index contributed by atoms with van der Waals surface area (Å²) in [4.78, 5) is 11.8. The molecule has 2 rings (SSSR count). The SMILES string of the molecule is CCc1cccc(OCC(=O)NNC(=S)Nc2ccc(Cl)cc2)c1. The largest absolute Gasteiger partial charge is 0.484 e. The molecule has 0 aromatic heterocycles. The Morgan fingerprint density at radius 3 is 2.62 bits per heavy atom. The molecule has 2 aromatic carbocycles. The minimum atomic E-state index is -0.336. The van der Waals surface area contributed by atoms with Crippen LogP contribution in [-0.4, -0.2) is 17.6 Å². The Bertz CT molecular complexity index is 707. The van der Waals surface area contributed by atoms with Crippen LogP contribution in [0.1, 0.15) is 12.5 Å². The number of thiocarbonyl (C=S) groups is 1. The summed E-state index contributed by atoms with van der Waals surface area (Å²) >= 11 is 10.9. The predicted octanol–water partition coefficient (Wildman–Crippen LogP) is 3.30. The van der Waals surface area contributed by atoms with Crippen molar-refractivity contribution >= 4 is 40.5 Å². The van der Waals surface area contributed by atoms with Gasteiger partial charge < -0.3 is 10.1 Å². The van der Waals surface area contributed by atoms with Crippen molar-refractivity contribution in [2.75, 3.05) is 11.9 Å². The van der Waals surface area contributed by atoms with Gasteiger partial charge in [0.15, 0.2) is 11.7 Å². The average Bonchev–Trinajstić information content (AvgIpc) is 2.60. The lowest BCUT2D eigenvalue weighted by Gasteiger charge is -2.12. The van der Waals surface area contributed by atoms with Gasteiger partial charge in [0.25, 0.3) is 5.91 Å². The molecule has 0 aliphatic rings. The number of carbonyl (C=O) groups excluding carboxylic acids is 1. The van der Waals surface area contributed by atoms with Crippen molar-refractivity contribution in [1.82, 2.24) is 10.9 Å². The maximum absolute atomic E-state index is 11.8. The highest BCUT2D eigenvalue weighted by atomic mass is 35.5. The third-order valence-corrected chi connectivity index (χ3v) is 3.55. The molecule has 7 heteroatoms. The maximum atomic E-state index is 11.8. The molecule has 2 aromatic rings. The number of hydrogen-bond donors (Lipinski definition) is 3. The van der Waals surface area contributed by atoms with Gasteiger partial charge in [0.1, 0.15) is 5.75 Å². The molecular formula is C17H18ClN3O2S. The van der Waals surface area contributed by atoms with Gasteiger partial charge in [0.2, 0.25) is 0 Å². The van der Waals surface area contributed by atoms with Crippen molar-refractivity contribution in [3.63, 3.8) is 0 Å². The highest BCUT2D eigenvalue weighted by Gasteiger charge is 2.04. The summed E-state index contributed by atoms with van der Waals surface area (Å²) in [6.07, 6.45) is 0.912. The number of anilines is 1. The number of hydrogen-bond acceptors (Lipinski definition) is 3. The van der Waals surface area contributed by atoms with Gasteiger partial charge >= 0.3 is 0 Å². The van der Waals surface area contributed by atoms with E-state index in [1.807, 2.05) is 24.3 Å². The Hall–Kier alpha value is -2.31. The van der Waals surface area contributed by atoms with E-state index < -0.39 is 0 Å². The first-order chi connectivity index (χ1) is 11.6. The molecule has 0 radical (unpaired) electrons. The second-order valence-corrected chi connectivity index (χ2v) is 5.77. The quantitative estimate of drug-likeness (QED) is 0.562. The van der Waals surface area contributed by atoms with Crippen molar-refractivity contribution < 1.29 is 9.53 Å². The molecule has 0 bridgehead atoms. The van der Waals surface area contributed by atoms with Gasteiger partial charge in [-0.1, -0.05) is 30.7 Å². The number of rotatable bonds is 5. The molecule has 3 N–H and O–H groups in total. The maximum Gasteiger partial charge on any atom is 0.276 e. The van der Waals surface area contributed by atoms with Crippen LogP contribution in [0.3, 0.4) is 0 Å². The molecule has 0 aliphatic carbocycles. The molecule has 0 saturated carbocycles. The molecule has 0 saturated heterocycles. The van der Waals surface area contributed by atoms with E-state index in [9.17, 15) is 4.79 Å². The van der Waals surface area contributed by atoms with E-state index in [0.717, 1.165) is 17.7 Å². The van der Waals surface area contributed by atoms with Crippen LogP contribution in [0.15, 0.2) is 48.5 Å². The van der Waals surface area contributed by atoms with E-state index in [-0.39, 0.29) is 17.6 Å². The van der Waals surface area contributed by atoms with E-state index in [1.54, 1.807) is 24.3 Å². The van der Waals surface area contributed by atoms with E-state index in [2.05, 4.69) is 23.1 Å². The first-order valence-electron chi connectivity index (χ1n) is 7.40. The second-order valence-electron chi connectivity index (χ2n) is 4.92. The fourth-order valence-electron chi connectivity index (χ4n) is 1.86. The zero-order chi connectivity index (χ0) is 17.4. The van der Waals surface area contributed by atoms with E-state index in [1.165, 1.54) is 0 Å². The van der Waals surface area contributed by atoms with Crippen LogP contribution < -0.4 is 20.9 Å². The zero-order valence-corrected chi connectivity index (χ0v) is 14.7. The molecular weight excluding hydrogens is 346 g/mol. The molecule has 1 amide bonds. The van der Waals surface area contributed by atoms with Gasteiger partial charge in [-0.15, -0.1) is 0 Å². The highest BCUT2D eigenvalue weighted by Crippen LogP contribution is 2.14. The van der Waals surface area contributed by atoms with Gasteiger partial charge in [-0.05, 0) is 60.6 Å². The Kier molecular flexibility index (Phi) is 6.84. The number of benzene rings is 2. The van der Waals surface area contributed by atoms with Crippen molar-refractivity contribution in [2.45, 2.75) is 13.3 Å². The fraction of sp³-hybridized carbons (Fsp3) is 0.176. The van der Waals surface area contributed by atoms with Crippen molar-refractivity contribution in [1.29, 1.82) is 0 Å². The third-order valence-electron chi connectivity index (χ3n) is 3.09. The van der Waals surface area contributed by atoms with Gasteiger partial charge in [-0.2, -0.15) is 0 Å². The summed E-state index contributed by atoms with van der Waals surface area (Å²) in [6, 6.07) is 14.7. The normalized spacial score (nSPS) is 9.92. The van der Waals surface area contributed by atoms with Crippen LogP contribution in [0.4, 0.5) is 5.69 Å². The molecule has 0 atom stereocenters. The number of halogens is 1.